The van der Waals surface area contributed by atoms with E-state index in [2.05, 4.69) is 59.0 Å². The number of allylic oxidation sites excluding steroid dienone is 1. The molecule has 1 aromatic carbocycles. The molecule has 0 radical (unpaired) electrons. The maximum absolute atomic E-state index is 13.2. The van der Waals surface area contributed by atoms with Crippen LogP contribution in [0.2, 0.25) is 0 Å². The van der Waals surface area contributed by atoms with Gasteiger partial charge < -0.3 is 50.7 Å². The smallest absolute Gasteiger partial charge is 0.407 e. The number of ketones is 2. The Kier molecular flexibility index (Phi) is 19.8. The fourth-order valence-corrected chi connectivity index (χ4v) is 7.94. The number of epoxide rings is 2. The van der Waals surface area contributed by atoms with Crippen LogP contribution in [0.3, 0.4) is 0 Å². The average Bonchev–Trinajstić information content (AvgIpc) is 4.17. The third kappa shape index (κ3) is 15.4. The molecule has 4 rings (SSSR count). The zero-order chi connectivity index (χ0) is 45.3. The first-order valence-corrected chi connectivity index (χ1v) is 21.8. The van der Waals surface area contributed by atoms with Gasteiger partial charge >= 0.3 is 12.2 Å². The van der Waals surface area contributed by atoms with Gasteiger partial charge in [0, 0.05) is 20.2 Å². The molecule has 1 spiro atoms. The molecule has 2 heterocycles. The summed E-state index contributed by atoms with van der Waals surface area (Å²) in [6, 6.07) is 7.64. The number of benzene rings is 1. The number of alkyl carbamates (subject to hydrolysis) is 2. The number of hydrazine groups is 1. The summed E-state index contributed by atoms with van der Waals surface area (Å²) < 4.78 is 29.7. The van der Waals surface area contributed by atoms with Gasteiger partial charge in [0.2, 0.25) is 23.4 Å². The van der Waals surface area contributed by atoms with Crippen LogP contribution in [0.15, 0.2) is 42.0 Å². The Hall–Kier alpha value is -4.46. The lowest BCUT2D eigenvalue weighted by Crippen LogP contribution is -2.56. The molecule has 0 aromatic heterocycles. The van der Waals surface area contributed by atoms with Crippen molar-refractivity contribution in [1.29, 1.82) is 0 Å². The van der Waals surface area contributed by atoms with Crippen LogP contribution < -0.4 is 37.9 Å². The quantitative estimate of drug-likeness (QED) is 0.0220. The van der Waals surface area contributed by atoms with Crippen LogP contribution in [0.5, 0.6) is 0 Å². The molecule has 1 aliphatic carbocycles. The van der Waals surface area contributed by atoms with Crippen molar-refractivity contribution in [3.8, 4) is 0 Å². The lowest BCUT2D eigenvalue weighted by Gasteiger charge is -2.42. The van der Waals surface area contributed by atoms with E-state index in [1.807, 2.05) is 44.2 Å². The van der Waals surface area contributed by atoms with Crippen molar-refractivity contribution in [2.24, 2.45) is 17.6 Å². The average molecular weight is 872 g/mol. The van der Waals surface area contributed by atoms with Crippen molar-refractivity contribution >= 4 is 35.6 Å². The van der Waals surface area contributed by atoms with E-state index in [9.17, 15) is 28.8 Å². The van der Waals surface area contributed by atoms with Gasteiger partial charge in [-0.3, -0.25) is 19.2 Å². The topological polar surface area (TPSA) is 253 Å². The van der Waals surface area contributed by atoms with Gasteiger partial charge in [-0.25, -0.2) is 20.4 Å². The first kappa shape index (κ1) is 50.2. The maximum Gasteiger partial charge on any atom is 0.407 e. The number of ether oxygens (including phenoxy) is 5. The highest BCUT2D eigenvalue weighted by molar-refractivity contribution is 6.40. The van der Waals surface area contributed by atoms with Crippen molar-refractivity contribution in [3.05, 3.63) is 47.5 Å². The summed E-state index contributed by atoms with van der Waals surface area (Å²) in [4.78, 5) is 74.8. The number of amides is 4. The van der Waals surface area contributed by atoms with Gasteiger partial charge in [-0.2, -0.15) is 0 Å². The fraction of sp³-hybridized carbons (Fsp3) is 0.682. The van der Waals surface area contributed by atoms with E-state index in [1.54, 1.807) is 7.11 Å². The molecule has 0 bridgehead atoms. The Bertz CT molecular complexity index is 1690. The molecule has 4 unspecified atom stereocenters. The number of carbonyl (C=O) groups excluding carboxylic acids is 6. The fourth-order valence-electron chi connectivity index (χ4n) is 7.94. The van der Waals surface area contributed by atoms with Gasteiger partial charge in [-0.05, 0) is 70.8 Å². The van der Waals surface area contributed by atoms with Crippen LogP contribution in [-0.4, -0.2) is 130 Å². The van der Waals surface area contributed by atoms with E-state index in [0.29, 0.717) is 39.0 Å². The standard InChI is InChI=1S/C44H69N7O11/c1-28(2)16-17-35-43(5,62-35)40-39(58-6)34(18-19-44(40)27-60-44)61-42(57)50-32(29(3)4)26-59-41(56)47-21-13-8-7-12-20-46-37(54)25-49-51-31(22-30-14-10-9-11-15-30)38(55)33(52)24-48-36(53)23-45/h9-11,14-16,29,31-32,34-35,39-40,49,51H,7-8,12-13,17-27,45H2,1-6H3,(H,46,54)(H,47,56)(H,48,53)(H,50,57)/t31-,32-,34?,35+,39?,40?,43?,44-/m0/s1. The summed E-state index contributed by atoms with van der Waals surface area (Å²) in [6.45, 7) is 10.6. The largest absolute Gasteiger partial charge is 0.447 e. The molecule has 1 saturated carbocycles. The highest BCUT2D eigenvalue weighted by atomic mass is 16.6. The summed E-state index contributed by atoms with van der Waals surface area (Å²) in [5.74, 6) is -2.53. The Morgan fingerprint density at radius 2 is 1.63 bits per heavy atom. The number of nitrogens with one attached hydrogen (secondary N) is 6. The number of Topliss-reactive ketones (excluding diaryl/α,β-unsaturated/α-hetero) is 2. The van der Waals surface area contributed by atoms with E-state index in [1.165, 1.54) is 5.57 Å². The molecule has 8 N–H and O–H groups in total. The summed E-state index contributed by atoms with van der Waals surface area (Å²) in [6.07, 6.45) is 5.49. The minimum Gasteiger partial charge on any atom is -0.447 e. The van der Waals surface area contributed by atoms with Gasteiger partial charge in [0.15, 0.2) is 0 Å². The van der Waals surface area contributed by atoms with Crippen LogP contribution in [0.1, 0.15) is 85.1 Å². The molecule has 2 aliphatic heterocycles. The molecule has 3 aliphatic rings. The van der Waals surface area contributed by atoms with Gasteiger partial charge in [0.1, 0.15) is 30.0 Å². The molecule has 3 fully saturated rings. The third-order valence-corrected chi connectivity index (χ3v) is 11.7. The molecular formula is C44H69N7O11. The molecule has 2 saturated heterocycles. The maximum atomic E-state index is 13.2. The SMILES string of the molecule is COC1C(OC(=O)N[C@@H](COC(=O)NCCCCCCNC(=O)CNN[C@@H](Cc2ccccc2)C(=O)C(=O)CNC(=O)CN)C(C)C)CC[C@]2(CO2)C1C1(C)O[C@@H]1CC=C(C)C. The Morgan fingerprint density at radius 3 is 2.26 bits per heavy atom. The van der Waals surface area contributed by atoms with Crippen molar-refractivity contribution in [1.82, 2.24) is 32.1 Å². The minimum absolute atomic E-state index is 0.0322. The van der Waals surface area contributed by atoms with E-state index < -0.39 is 66.1 Å². The highest BCUT2D eigenvalue weighted by Gasteiger charge is 2.72. The summed E-state index contributed by atoms with van der Waals surface area (Å²) >= 11 is 0. The molecule has 18 heteroatoms. The number of rotatable bonds is 27. The predicted molar refractivity (Wildman–Crippen MR) is 230 cm³/mol. The Morgan fingerprint density at radius 1 is 0.935 bits per heavy atom. The number of methoxy groups -OCH3 is 1. The number of carbonyl (C=O) groups is 6. The summed E-state index contributed by atoms with van der Waals surface area (Å²) in [7, 11) is 1.63. The van der Waals surface area contributed by atoms with Crippen LogP contribution in [0.4, 0.5) is 9.59 Å². The predicted octanol–water partition coefficient (Wildman–Crippen LogP) is 2.14. The van der Waals surface area contributed by atoms with Crippen molar-refractivity contribution in [2.45, 2.75) is 128 Å². The second-order valence-electron chi connectivity index (χ2n) is 17.1. The van der Waals surface area contributed by atoms with Gasteiger partial charge in [0.05, 0.1) is 50.3 Å². The molecule has 18 nitrogen and oxygen atoms in total. The van der Waals surface area contributed by atoms with Crippen molar-refractivity contribution < 1.29 is 52.5 Å². The molecule has 1 aromatic rings. The molecule has 346 valence electrons. The van der Waals surface area contributed by atoms with Gasteiger partial charge in [-0.1, -0.05) is 68.7 Å². The molecule has 8 atom stereocenters. The van der Waals surface area contributed by atoms with Crippen LogP contribution in [0, 0.1) is 11.8 Å². The first-order valence-electron chi connectivity index (χ1n) is 21.8. The van der Waals surface area contributed by atoms with Crippen molar-refractivity contribution in [2.75, 3.05) is 53.0 Å². The first-order chi connectivity index (χ1) is 29.6. The van der Waals surface area contributed by atoms with E-state index in [0.717, 1.165) is 31.2 Å². The molecular weight excluding hydrogens is 803 g/mol. The van der Waals surface area contributed by atoms with E-state index in [-0.39, 0.29) is 55.6 Å². The number of hydrogen-bond donors (Lipinski definition) is 7. The zero-order valence-corrected chi connectivity index (χ0v) is 37.2. The lowest BCUT2D eigenvalue weighted by molar-refractivity contribution is -0.138. The number of nitrogens with two attached hydrogens (primary N) is 1. The van der Waals surface area contributed by atoms with E-state index >= 15 is 0 Å². The summed E-state index contributed by atoms with van der Waals surface area (Å²) in [5.41, 5.74) is 12.0. The highest BCUT2D eigenvalue weighted by Crippen LogP contribution is 2.59. The minimum atomic E-state index is -0.968. The molecule has 62 heavy (non-hydrogen) atoms. The second-order valence-corrected chi connectivity index (χ2v) is 17.1. The monoisotopic (exact) mass is 872 g/mol. The van der Waals surface area contributed by atoms with Crippen LogP contribution >= 0.6 is 0 Å². The van der Waals surface area contributed by atoms with E-state index in [4.69, 9.17) is 29.4 Å². The van der Waals surface area contributed by atoms with Gasteiger partial charge in [0.25, 0.3) is 0 Å². The Balaban J connectivity index is 1.08. The number of unbranched alkanes of at least 4 members (excludes halogenated alkanes) is 3. The molecule has 4 amide bonds. The number of hydrogen-bond acceptors (Lipinski definition) is 14. The second kappa shape index (κ2) is 24.4. The van der Waals surface area contributed by atoms with Crippen LogP contribution in [-0.2, 0) is 49.3 Å². The lowest BCUT2D eigenvalue weighted by atomic mass is 9.68. The normalized spacial score (nSPS) is 24.6. The summed E-state index contributed by atoms with van der Waals surface area (Å²) in [5, 5.41) is 10.7. The van der Waals surface area contributed by atoms with Crippen LogP contribution in [0.25, 0.3) is 0 Å². The van der Waals surface area contributed by atoms with Gasteiger partial charge in [-0.15, -0.1) is 0 Å². The Labute approximate surface area is 365 Å². The zero-order valence-electron chi connectivity index (χ0n) is 37.2. The van der Waals surface area contributed by atoms with Crippen molar-refractivity contribution in [3.63, 3.8) is 0 Å². The third-order valence-electron chi connectivity index (χ3n) is 11.7.